The molecule has 0 aliphatic carbocycles. The molecule has 1 amide bonds. The Bertz CT molecular complexity index is 912. The highest BCUT2D eigenvalue weighted by atomic mass is 16.3. The molecule has 0 spiro atoms. The average Bonchev–Trinajstić information content (AvgIpc) is 2.99. The second-order valence-corrected chi connectivity index (χ2v) is 6.28. The number of aromatic nitrogens is 3. The molecular weight excluding hydrogens is 306 g/mol. The van der Waals surface area contributed by atoms with E-state index >= 15 is 0 Å². The Balaban J connectivity index is 1.85. The zero-order chi connectivity index (χ0) is 16.7. The number of rotatable bonds is 3. The van der Waals surface area contributed by atoms with Crippen LogP contribution in [0.15, 0.2) is 24.5 Å². The van der Waals surface area contributed by atoms with Gasteiger partial charge in [0.25, 0.3) is 0 Å². The molecule has 24 heavy (non-hydrogen) atoms. The van der Waals surface area contributed by atoms with E-state index in [9.17, 15) is 9.90 Å². The Hall–Kier alpha value is -2.67. The topological polar surface area (TPSA) is 108 Å². The summed E-state index contributed by atoms with van der Waals surface area (Å²) in [6.07, 6.45) is 3.44. The highest BCUT2D eigenvalue weighted by molar-refractivity contribution is 6.13. The molecule has 0 bridgehead atoms. The number of piperidine rings is 1. The van der Waals surface area contributed by atoms with Gasteiger partial charge in [-0.15, -0.1) is 0 Å². The van der Waals surface area contributed by atoms with E-state index in [1.165, 1.54) is 0 Å². The Labute approximate surface area is 138 Å². The molecule has 0 radical (unpaired) electrons. The summed E-state index contributed by atoms with van der Waals surface area (Å²) in [6.45, 7) is 1.93. The monoisotopic (exact) mass is 325 g/mol. The fraction of sp³-hybridized carbons (Fsp3) is 0.353. The van der Waals surface area contributed by atoms with Gasteiger partial charge in [-0.3, -0.25) is 4.79 Å². The normalized spacial score (nSPS) is 16.1. The molecule has 0 atom stereocenters. The maximum Gasteiger partial charge on any atom is 0.248 e. The Morgan fingerprint density at radius 2 is 2.12 bits per heavy atom. The first kappa shape index (κ1) is 14.9. The number of anilines is 1. The molecule has 0 unspecified atom stereocenters. The number of primary amides is 1. The van der Waals surface area contributed by atoms with E-state index in [1.54, 1.807) is 18.5 Å². The number of benzene rings is 1. The molecular formula is C17H19N5O2. The smallest absolute Gasteiger partial charge is 0.248 e. The van der Waals surface area contributed by atoms with Crippen LogP contribution >= 0.6 is 0 Å². The molecule has 1 aromatic carbocycles. The van der Waals surface area contributed by atoms with Gasteiger partial charge in [-0.1, -0.05) is 0 Å². The predicted octanol–water partition coefficient (Wildman–Crippen LogP) is 1.42. The molecule has 124 valence electrons. The standard InChI is InChI=1S/C17H19N5O2/c18-15(24)11-1-2-13-12(7-11)14-16(21-13)19-9-20-17(14)22-5-3-10(8-23)4-6-22/h1-2,7,9-10,23H,3-6,8H2,(H2,18,24)(H,19,20,21). The van der Waals surface area contributed by atoms with Crippen LogP contribution in [0.4, 0.5) is 5.82 Å². The quantitative estimate of drug-likeness (QED) is 0.675. The van der Waals surface area contributed by atoms with Crippen molar-refractivity contribution < 1.29 is 9.90 Å². The molecule has 4 N–H and O–H groups in total. The first-order valence-electron chi connectivity index (χ1n) is 8.09. The molecule has 3 aromatic rings. The number of hydrogen-bond acceptors (Lipinski definition) is 5. The van der Waals surface area contributed by atoms with Gasteiger partial charge >= 0.3 is 0 Å². The van der Waals surface area contributed by atoms with Gasteiger partial charge in [-0.2, -0.15) is 0 Å². The van der Waals surface area contributed by atoms with Crippen molar-refractivity contribution in [3.05, 3.63) is 30.1 Å². The van der Waals surface area contributed by atoms with Gasteiger partial charge < -0.3 is 20.7 Å². The molecule has 1 saturated heterocycles. The van der Waals surface area contributed by atoms with Crippen LogP contribution in [0.25, 0.3) is 21.9 Å². The minimum Gasteiger partial charge on any atom is -0.396 e. The van der Waals surface area contributed by atoms with Crippen LogP contribution in [-0.2, 0) is 0 Å². The first-order valence-corrected chi connectivity index (χ1v) is 8.09. The largest absolute Gasteiger partial charge is 0.396 e. The molecule has 1 aliphatic heterocycles. The van der Waals surface area contributed by atoms with Crippen molar-refractivity contribution in [1.82, 2.24) is 15.0 Å². The summed E-state index contributed by atoms with van der Waals surface area (Å²) in [4.78, 5) is 25.8. The Morgan fingerprint density at radius 3 is 2.83 bits per heavy atom. The van der Waals surface area contributed by atoms with Crippen LogP contribution in [0, 0.1) is 5.92 Å². The van der Waals surface area contributed by atoms with Crippen LogP contribution in [0.1, 0.15) is 23.2 Å². The van der Waals surface area contributed by atoms with E-state index in [2.05, 4.69) is 19.9 Å². The number of fused-ring (bicyclic) bond motifs is 3. The van der Waals surface area contributed by atoms with Crippen molar-refractivity contribution >= 4 is 33.7 Å². The maximum atomic E-state index is 11.5. The van der Waals surface area contributed by atoms with Gasteiger partial charge in [-0.05, 0) is 37.0 Å². The van der Waals surface area contributed by atoms with E-state index < -0.39 is 5.91 Å². The fourth-order valence-electron chi connectivity index (χ4n) is 3.43. The minimum atomic E-state index is -0.451. The lowest BCUT2D eigenvalue weighted by Crippen LogP contribution is -2.35. The third-order valence-electron chi connectivity index (χ3n) is 4.83. The second-order valence-electron chi connectivity index (χ2n) is 6.28. The average molecular weight is 325 g/mol. The lowest BCUT2D eigenvalue weighted by atomic mass is 9.97. The van der Waals surface area contributed by atoms with Gasteiger partial charge in [0, 0.05) is 36.2 Å². The first-order chi connectivity index (χ1) is 11.7. The molecule has 0 saturated carbocycles. The number of carbonyl (C=O) groups excluding carboxylic acids is 1. The highest BCUT2D eigenvalue weighted by Gasteiger charge is 2.23. The van der Waals surface area contributed by atoms with Crippen molar-refractivity contribution in [3.63, 3.8) is 0 Å². The van der Waals surface area contributed by atoms with Crippen LogP contribution in [0.2, 0.25) is 0 Å². The van der Waals surface area contributed by atoms with Gasteiger partial charge in [0.15, 0.2) is 0 Å². The van der Waals surface area contributed by atoms with Crippen LogP contribution in [-0.4, -0.2) is 45.7 Å². The molecule has 1 aliphatic rings. The number of H-pyrrole nitrogens is 1. The number of aliphatic hydroxyl groups excluding tert-OH is 1. The summed E-state index contributed by atoms with van der Waals surface area (Å²) < 4.78 is 0. The number of amides is 1. The maximum absolute atomic E-state index is 11.5. The van der Waals surface area contributed by atoms with Gasteiger partial charge in [0.1, 0.15) is 17.8 Å². The zero-order valence-corrected chi connectivity index (χ0v) is 13.2. The van der Waals surface area contributed by atoms with Crippen molar-refractivity contribution in [1.29, 1.82) is 0 Å². The van der Waals surface area contributed by atoms with Crippen LogP contribution in [0.5, 0.6) is 0 Å². The number of nitrogens with one attached hydrogen (secondary N) is 1. The lowest BCUT2D eigenvalue weighted by Gasteiger charge is -2.32. The van der Waals surface area contributed by atoms with E-state index in [0.29, 0.717) is 11.5 Å². The summed E-state index contributed by atoms with van der Waals surface area (Å²) in [5.74, 6) is 0.778. The summed E-state index contributed by atoms with van der Waals surface area (Å²) >= 11 is 0. The van der Waals surface area contributed by atoms with Gasteiger partial charge in [0.2, 0.25) is 5.91 Å². The van der Waals surface area contributed by atoms with Crippen molar-refractivity contribution in [2.45, 2.75) is 12.8 Å². The van der Waals surface area contributed by atoms with E-state index in [1.807, 2.05) is 6.07 Å². The predicted molar refractivity (Wildman–Crippen MR) is 91.9 cm³/mol. The number of nitrogens with zero attached hydrogens (tertiary/aromatic N) is 3. The SMILES string of the molecule is NC(=O)c1ccc2[nH]c3ncnc(N4CCC(CO)CC4)c3c2c1. The van der Waals surface area contributed by atoms with Gasteiger partial charge in [0.05, 0.1) is 5.39 Å². The second kappa shape index (κ2) is 5.76. The van der Waals surface area contributed by atoms with E-state index in [-0.39, 0.29) is 6.61 Å². The summed E-state index contributed by atoms with van der Waals surface area (Å²) in [7, 11) is 0. The number of aromatic amines is 1. The summed E-state index contributed by atoms with van der Waals surface area (Å²) in [5, 5.41) is 11.1. The number of carbonyl (C=O) groups is 1. The molecule has 7 heteroatoms. The van der Waals surface area contributed by atoms with Crippen LogP contribution in [0.3, 0.4) is 0 Å². The third-order valence-corrected chi connectivity index (χ3v) is 4.83. The van der Waals surface area contributed by atoms with Gasteiger partial charge in [-0.25, -0.2) is 9.97 Å². The molecule has 1 fully saturated rings. The number of nitrogens with two attached hydrogens (primary N) is 1. The molecule has 4 rings (SSSR count). The third kappa shape index (κ3) is 2.37. The molecule has 3 heterocycles. The van der Waals surface area contributed by atoms with Crippen molar-refractivity contribution in [2.24, 2.45) is 11.7 Å². The summed E-state index contributed by atoms with van der Waals surface area (Å²) in [6, 6.07) is 5.35. The fourth-order valence-corrected chi connectivity index (χ4v) is 3.43. The zero-order valence-electron chi connectivity index (χ0n) is 13.2. The number of aliphatic hydroxyl groups is 1. The van der Waals surface area contributed by atoms with E-state index in [0.717, 1.165) is 53.7 Å². The van der Waals surface area contributed by atoms with Crippen molar-refractivity contribution in [2.75, 3.05) is 24.6 Å². The molecule has 2 aromatic heterocycles. The highest BCUT2D eigenvalue weighted by Crippen LogP contribution is 2.33. The Morgan fingerprint density at radius 1 is 1.33 bits per heavy atom. The number of hydrogen-bond donors (Lipinski definition) is 3. The van der Waals surface area contributed by atoms with E-state index in [4.69, 9.17) is 5.73 Å². The minimum absolute atomic E-state index is 0.238. The summed E-state index contributed by atoms with van der Waals surface area (Å²) in [5.41, 5.74) is 7.54. The van der Waals surface area contributed by atoms with Crippen molar-refractivity contribution in [3.8, 4) is 0 Å². The lowest BCUT2D eigenvalue weighted by molar-refractivity contribution is 0.100. The van der Waals surface area contributed by atoms with Crippen LogP contribution < -0.4 is 10.6 Å². The Kier molecular flexibility index (Phi) is 3.57. The molecule has 7 nitrogen and oxygen atoms in total.